The molecule has 30 heavy (non-hydrogen) atoms. The second kappa shape index (κ2) is 6.91. The Bertz CT molecular complexity index is 1460. The number of rotatable bonds is 3. The van der Waals surface area contributed by atoms with Crippen LogP contribution in [0.2, 0.25) is 0 Å². The first-order valence-electron chi connectivity index (χ1n) is 9.76. The number of fused-ring (bicyclic) bond motifs is 2. The molecule has 4 aromatic rings. The minimum atomic E-state index is -0.391. The highest BCUT2D eigenvalue weighted by atomic mass is 32.1. The molecule has 8 heteroatoms. The fraction of sp³-hybridized carbons (Fsp3) is 0.273. The number of hydrogen-bond acceptors (Lipinski definition) is 6. The van der Waals surface area contributed by atoms with E-state index in [9.17, 15) is 14.7 Å². The molecule has 0 saturated heterocycles. The van der Waals surface area contributed by atoms with E-state index < -0.39 is 11.7 Å². The monoisotopic (exact) mass is 420 g/mol. The normalized spacial score (nSPS) is 16.5. The van der Waals surface area contributed by atoms with Gasteiger partial charge in [0.1, 0.15) is 0 Å². The summed E-state index contributed by atoms with van der Waals surface area (Å²) in [5, 5.41) is 11.3. The van der Waals surface area contributed by atoms with Crippen molar-refractivity contribution in [2.75, 3.05) is 0 Å². The number of pyridine rings is 1. The van der Waals surface area contributed by atoms with Gasteiger partial charge in [0.15, 0.2) is 0 Å². The van der Waals surface area contributed by atoms with E-state index in [0.717, 1.165) is 21.3 Å². The zero-order valence-electron chi connectivity index (χ0n) is 16.6. The average molecular weight is 420 g/mol. The van der Waals surface area contributed by atoms with E-state index in [1.54, 1.807) is 22.9 Å². The molecule has 1 aliphatic carbocycles. The van der Waals surface area contributed by atoms with Crippen LogP contribution in [0.5, 0.6) is 0 Å². The summed E-state index contributed by atoms with van der Waals surface area (Å²) in [7, 11) is 0. The molecule has 1 N–H and O–H groups in total. The van der Waals surface area contributed by atoms with Gasteiger partial charge >= 0.3 is 5.69 Å². The van der Waals surface area contributed by atoms with Gasteiger partial charge in [-0.2, -0.15) is 4.37 Å². The highest BCUT2D eigenvalue weighted by Crippen LogP contribution is 2.29. The van der Waals surface area contributed by atoms with E-state index in [4.69, 9.17) is 0 Å². The van der Waals surface area contributed by atoms with Crippen molar-refractivity contribution in [1.29, 1.82) is 0 Å². The van der Waals surface area contributed by atoms with Crippen molar-refractivity contribution in [3.05, 3.63) is 80.1 Å². The number of aliphatic hydroxyl groups excluding tert-OH is 1. The maximum Gasteiger partial charge on any atom is 0.332 e. The summed E-state index contributed by atoms with van der Waals surface area (Å²) in [6, 6.07) is 5.51. The average Bonchev–Trinajstić information content (AvgIpc) is 3.31. The Morgan fingerprint density at radius 1 is 1.27 bits per heavy atom. The third-order valence-electron chi connectivity index (χ3n) is 5.70. The van der Waals surface area contributed by atoms with Crippen LogP contribution in [-0.2, 0) is 6.54 Å². The van der Waals surface area contributed by atoms with Gasteiger partial charge in [-0.1, -0.05) is 6.07 Å². The van der Waals surface area contributed by atoms with E-state index >= 15 is 0 Å². The number of benzene rings is 1. The topological polar surface area (TPSA) is 90.0 Å². The molecule has 3 heterocycles. The molecule has 0 spiro atoms. The van der Waals surface area contributed by atoms with E-state index in [2.05, 4.69) is 28.4 Å². The summed E-state index contributed by atoms with van der Waals surface area (Å²) in [6.07, 6.45) is 5.47. The molecule has 1 atom stereocenters. The SMILES string of the molecule is Cc1cc(C)c2c(Cn3c(=O)n(C4CC=C(O)C4)c(=O)c4cnccc43)nsc2c1. The van der Waals surface area contributed by atoms with Crippen LogP contribution >= 0.6 is 11.5 Å². The summed E-state index contributed by atoms with van der Waals surface area (Å²) in [6.45, 7) is 4.36. The number of aryl methyl sites for hydroxylation is 2. The van der Waals surface area contributed by atoms with Crippen molar-refractivity contribution in [3.63, 3.8) is 0 Å². The summed E-state index contributed by atoms with van der Waals surface area (Å²) in [4.78, 5) is 30.7. The Hall–Kier alpha value is -3.26. The lowest BCUT2D eigenvalue weighted by atomic mass is 10.1. The zero-order valence-corrected chi connectivity index (χ0v) is 17.4. The molecule has 0 amide bonds. The molecule has 3 aromatic heterocycles. The van der Waals surface area contributed by atoms with Crippen molar-refractivity contribution in [1.82, 2.24) is 18.5 Å². The predicted octanol–water partition coefficient (Wildman–Crippen LogP) is 3.61. The van der Waals surface area contributed by atoms with Crippen LogP contribution in [0.3, 0.4) is 0 Å². The van der Waals surface area contributed by atoms with E-state index in [1.165, 1.54) is 27.9 Å². The largest absolute Gasteiger partial charge is 0.513 e. The molecule has 5 rings (SSSR count). The molecule has 0 bridgehead atoms. The molecule has 0 aliphatic heterocycles. The molecule has 1 aliphatic rings. The van der Waals surface area contributed by atoms with Crippen LogP contribution in [0.25, 0.3) is 21.0 Å². The fourth-order valence-electron chi connectivity index (χ4n) is 4.37. The number of aromatic nitrogens is 4. The predicted molar refractivity (Wildman–Crippen MR) is 117 cm³/mol. The minimum Gasteiger partial charge on any atom is -0.513 e. The zero-order chi connectivity index (χ0) is 21.0. The molecule has 152 valence electrons. The molecule has 1 aromatic carbocycles. The van der Waals surface area contributed by atoms with Crippen LogP contribution in [0, 0.1) is 13.8 Å². The van der Waals surface area contributed by atoms with Crippen LogP contribution < -0.4 is 11.2 Å². The van der Waals surface area contributed by atoms with Crippen LogP contribution in [0.15, 0.2) is 52.0 Å². The van der Waals surface area contributed by atoms with Gasteiger partial charge in [-0.3, -0.25) is 18.9 Å². The third-order valence-corrected chi connectivity index (χ3v) is 6.54. The highest BCUT2D eigenvalue weighted by molar-refractivity contribution is 7.13. The van der Waals surface area contributed by atoms with Gasteiger partial charge in [0, 0.05) is 24.2 Å². The van der Waals surface area contributed by atoms with Crippen LogP contribution in [-0.4, -0.2) is 23.6 Å². The van der Waals surface area contributed by atoms with Gasteiger partial charge < -0.3 is 5.11 Å². The quantitative estimate of drug-likeness (QED) is 0.547. The summed E-state index contributed by atoms with van der Waals surface area (Å²) in [5.41, 5.74) is 2.87. The summed E-state index contributed by atoms with van der Waals surface area (Å²) >= 11 is 1.42. The first-order valence-corrected chi connectivity index (χ1v) is 10.5. The lowest BCUT2D eigenvalue weighted by molar-refractivity contribution is 0.366. The molecule has 7 nitrogen and oxygen atoms in total. The Balaban J connectivity index is 1.74. The van der Waals surface area contributed by atoms with Crippen molar-refractivity contribution >= 4 is 32.5 Å². The minimum absolute atomic E-state index is 0.209. The number of nitrogens with zero attached hydrogens (tertiary/aromatic N) is 4. The highest BCUT2D eigenvalue weighted by Gasteiger charge is 2.25. The summed E-state index contributed by atoms with van der Waals surface area (Å²) in [5.74, 6) is 0.209. The van der Waals surface area contributed by atoms with Gasteiger partial charge in [-0.05, 0) is 61.1 Å². The first kappa shape index (κ1) is 18.7. The Morgan fingerprint density at radius 2 is 2.10 bits per heavy atom. The standard InChI is InChI=1S/C22H20N4O3S/c1-12-7-13(2)20-17(24-30-19(20)8-12)11-25-18-5-6-23-10-16(18)21(28)26(22(25)29)14-3-4-15(27)9-14/h4-8,10,14,27H,3,9,11H2,1-2H3. The van der Waals surface area contributed by atoms with Crippen molar-refractivity contribution < 1.29 is 5.11 Å². The second-order valence-corrected chi connectivity index (χ2v) is 8.62. The molecule has 0 fully saturated rings. The lowest BCUT2D eigenvalue weighted by Crippen LogP contribution is -2.42. The molecule has 1 unspecified atom stereocenters. The first-order chi connectivity index (χ1) is 14.4. The molecule has 0 radical (unpaired) electrons. The summed E-state index contributed by atoms with van der Waals surface area (Å²) < 4.78 is 8.57. The Kier molecular flexibility index (Phi) is 4.32. The maximum atomic E-state index is 13.5. The maximum absolute atomic E-state index is 13.5. The molecular formula is C22H20N4O3S. The third kappa shape index (κ3) is 2.87. The number of aliphatic hydroxyl groups is 1. The van der Waals surface area contributed by atoms with Gasteiger partial charge in [0.05, 0.1) is 39.6 Å². The van der Waals surface area contributed by atoms with Gasteiger partial charge in [-0.15, -0.1) is 0 Å². The lowest BCUT2D eigenvalue weighted by Gasteiger charge is -2.17. The van der Waals surface area contributed by atoms with Gasteiger partial charge in [0.2, 0.25) is 0 Å². The fourth-order valence-corrected chi connectivity index (χ4v) is 5.33. The second-order valence-electron chi connectivity index (χ2n) is 7.81. The van der Waals surface area contributed by atoms with Crippen LogP contribution in [0.1, 0.15) is 35.7 Å². The van der Waals surface area contributed by atoms with Crippen molar-refractivity contribution in [3.8, 4) is 0 Å². The van der Waals surface area contributed by atoms with E-state index in [-0.39, 0.29) is 24.3 Å². The Morgan fingerprint density at radius 3 is 2.87 bits per heavy atom. The van der Waals surface area contributed by atoms with Gasteiger partial charge in [0.25, 0.3) is 5.56 Å². The molecular weight excluding hydrogens is 400 g/mol. The van der Waals surface area contributed by atoms with Gasteiger partial charge in [-0.25, -0.2) is 4.79 Å². The van der Waals surface area contributed by atoms with Crippen molar-refractivity contribution in [2.45, 2.75) is 39.3 Å². The number of hydrogen-bond donors (Lipinski definition) is 1. The van der Waals surface area contributed by atoms with Crippen LogP contribution in [0.4, 0.5) is 0 Å². The van der Waals surface area contributed by atoms with Crippen molar-refractivity contribution in [2.24, 2.45) is 0 Å². The Labute approximate surface area is 175 Å². The number of allylic oxidation sites excluding steroid dienone is 2. The van der Waals surface area contributed by atoms with E-state index in [0.29, 0.717) is 17.3 Å². The smallest absolute Gasteiger partial charge is 0.332 e. The van der Waals surface area contributed by atoms with E-state index in [1.807, 2.05) is 6.92 Å². The molecule has 0 saturated carbocycles.